The highest BCUT2D eigenvalue weighted by atomic mass is 16.5. The van der Waals surface area contributed by atoms with E-state index in [2.05, 4.69) is 13.8 Å². The Hall–Kier alpha value is -0.450. The summed E-state index contributed by atoms with van der Waals surface area (Å²) in [7, 11) is 0. The van der Waals surface area contributed by atoms with E-state index in [-0.39, 0.29) is 23.2 Å². The summed E-state index contributed by atoms with van der Waals surface area (Å²) in [5.74, 6) is 0.898. The molecule has 0 unspecified atom stereocenters. The van der Waals surface area contributed by atoms with Crippen LogP contribution in [0.1, 0.15) is 59.3 Å². The van der Waals surface area contributed by atoms with Crippen molar-refractivity contribution in [2.45, 2.75) is 71.7 Å². The number of hydrogen-bond donors (Lipinski definition) is 3. The highest BCUT2D eigenvalue weighted by molar-refractivity contribution is 5.87. The molecule has 122 valence electrons. The first-order valence-corrected chi connectivity index (χ1v) is 8.40. The molecule has 21 heavy (non-hydrogen) atoms. The molecule has 4 heteroatoms. The van der Waals surface area contributed by atoms with Crippen molar-refractivity contribution < 1.29 is 20.1 Å². The summed E-state index contributed by atoms with van der Waals surface area (Å²) < 4.78 is 0. The summed E-state index contributed by atoms with van der Waals surface area (Å²) in [6.45, 7) is 6.35. The van der Waals surface area contributed by atoms with Crippen LogP contribution in [0.3, 0.4) is 0 Å². The maximum atomic E-state index is 12.3. The number of carbonyl (C=O) groups is 1. The molecule has 0 spiro atoms. The van der Waals surface area contributed by atoms with Crippen molar-refractivity contribution in [3.05, 3.63) is 0 Å². The van der Waals surface area contributed by atoms with Crippen LogP contribution in [-0.2, 0) is 4.79 Å². The molecule has 0 saturated heterocycles. The van der Waals surface area contributed by atoms with Gasteiger partial charge in [-0.05, 0) is 42.9 Å². The number of hydrogen-bond acceptors (Lipinski definition) is 4. The fourth-order valence-electron chi connectivity index (χ4n) is 5.02. The Morgan fingerprint density at radius 3 is 2.52 bits per heavy atom. The van der Waals surface area contributed by atoms with Crippen molar-refractivity contribution in [1.29, 1.82) is 0 Å². The highest BCUT2D eigenvalue weighted by Crippen LogP contribution is 2.57. The molecule has 2 saturated carbocycles. The van der Waals surface area contributed by atoms with Crippen LogP contribution in [-0.4, -0.2) is 33.5 Å². The lowest BCUT2D eigenvalue weighted by atomic mass is 9.56. The van der Waals surface area contributed by atoms with E-state index in [1.165, 1.54) is 0 Å². The maximum Gasteiger partial charge on any atom is 0.178 e. The van der Waals surface area contributed by atoms with Gasteiger partial charge in [-0.2, -0.15) is 0 Å². The van der Waals surface area contributed by atoms with Gasteiger partial charge in [-0.1, -0.05) is 33.6 Å². The average molecular weight is 298 g/mol. The third kappa shape index (κ3) is 2.90. The third-order valence-corrected chi connectivity index (χ3v) is 6.27. The van der Waals surface area contributed by atoms with Gasteiger partial charge in [-0.15, -0.1) is 0 Å². The summed E-state index contributed by atoms with van der Waals surface area (Å²) in [4.78, 5) is 12.3. The predicted molar refractivity (Wildman–Crippen MR) is 80.4 cm³/mol. The molecular formula is C17H30O4. The largest absolute Gasteiger partial charge is 0.388 e. The number of carbonyl (C=O) groups excluding carboxylic acids is 1. The normalized spacial score (nSPS) is 39.4. The minimum absolute atomic E-state index is 0.0832. The van der Waals surface area contributed by atoms with Crippen molar-refractivity contribution in [3.8, 4) is 0 Å². The van der Waals surface area contributed by atoms with Crippen molar-refractivity contribution in [1.82, 2.24) is 0 Å². The Morgan fingerprint density at radius 1 is 1.29 bits per heavy atom. The van der Waals surface area contributed by atoms with Gasteiger partial charge in [0.2, 0.25) is 0 Å². The first-order valence-electron chi connectivity index (χ1n) is 8.40. The van der Waals surface area contributed by atoms with E-state index >= 15 is 0 Å². The summed E-state index contributed by atoms with van der Waals surface area (Å²) in [5, 5.41) is 29.4. The molecule has 2 rings (SSSR count). The second kappa shape index (κ2) is 6.35. The smallest absolute Gasteiger partial charge is 0.178 e. The van der Waals surface area contributed by atoms with E-state index in [1.807, 2.05) is 6.92 Å². The minimum Gasteiger partial charge on any atom is -0.388 e. The van der Waals surface area contributed by atoms with E-state index in [0.29, 0.717) is 18.1 Å². The Balaban J connectivity index is 2.30. The molecule has 0 aromatic heterocycles. The Bertz CT molecular complexity index is 381. The van der Waals surface area contributed by atoms with Gasteiger partial charge >= 0.3 is 0 Å². The van der Waals surface area contributed by atoms with Crippen LogP contribution in [0.5, 0.6) is 0 Å². The van der Waals surface area contributed by atoms with Crippen LogP contribution < -0.4 is 0 Å². The molecule has 6 atom stereocenters. The molecule has 0 aliphatic heterocycles. The first kappa shape index (κ1) is 16.9. The number of rotatable bonds is 5. The summed E-state index contributed by atoms with van der Waals surface area (Å²) in [6, 6.07) is 0. The molecule has 2 aliphatic carbocycles. The summed E-state index contributed by atoms with van der Waals surface area (Å²) in [5.41, 5.74) is -0.372. The standard InChI is InChI=1S/C17H30O4/c1-4-5-10(2)11-8-9-17(3)12(6-7-13(17)18)14(11)15(19)16(20)21/h10-12,14-16,19-21H,4-9H2,1-3H3/t10-,11+,12-,14+,15+,17-/m0/s1. The van der Waals surface area contributed by atoms with Gasteiger partial charge in [0.05, 0.1) is 0 Å². The number of ketones is 1. The number of aliphatic hydroxyl groups excluding tert-OH is 2. The van der Waals surface area contributed by atoms with Gasteiger partial charge in [0.25, 0.3) is 0 Å². The third-order valence-electron chi connectivity index (χ3n) is 6.27. The molecule has 2 aliphatic rings. The zero-order valence-electron chi connectivity index (χ0n) is 13.5. The summed E-state index contributed by atoms with van der Waals surface area (Å²) >= 11 is 0. The number of aliphatic hydroxyl groups is 3. The molecule has 4 nitrogen and oxygen atoms in total. The molecule has 0 amide bonds. The van der Waals surface area contributed by atoms with Gasteiger partial charge in [0.15, 0.2) is 6.29 Å². The Morgan fingerprint density at radius 2 is 1.95 bits per heavy atom. The summed E-state index contributed by atoms with van der Waals surface area (Å²) in [6.07, 6.45) is 2.42. The van der Waals surface area contributed by atoms with Crippen LogP contribution in [0.25, 0.3) is 0 Å². The van der Waals surface area contributed by atoms with E-state index in [9.17, 15) is 20.1 Å². The Kier molecular flexibility index (Phi) is 5.11. The van der Waals surface area contributed by atoms with Gasteiger partial charge < -0.3 is 15.3 Å². The van der Waals surface area contributed by atoms with E-state index in [1.54, 1.807) is 0 Å². The quantitative estimate of drug-likeness (QED) is 0.679. The second-order valence-corrected chi connectivity index (χ2v) is 7.44. The topological polar surface area (TPSA) is 77.8 Å². The van der Waals surface area contributed by atoms with Gasteiger partial charge in [-0.25, -0.2) is 0 Å². The van der Waals surface area contributed by atoms with Crippen LogP contribution in [0.15, 0.2) is 0 Å². The molecule has 3 N–H and O–H groups in total. The fraction of sp³-hybridized carbons (Fsp3) is 0.941. The lowest BCUT2D eigenvalue weighted by Crippen LogP contribution is -2.51. The monoisotopic (exact) mass is 298 g/mol. The molecule has 0 bridgehead atoms. The molecule has 0 radical (unpaired) electrons. The molecule has 2 fully saturated rings. The van der Waals surface area contributed by atoms with Crippen molar-refractivity contribution in [3.63, 3.8) is 0 Å². The molecule has 0 aromatic rings. The van der Waals surface area contributed by atoms with Crippen molar-refractivity contribution in [2.24, 2.45) is 29.1 Å². The zero-order chi connectivity index (χ0) is 15.8. The van der Waals surface area contributed by atoms with Gasteiger partial charge in [0.1, 0.15) is 11.9 Å². The van der Waals surface area contributed by atoms with Crippen molar-refractivity contribution in [2.75, 3.05) is 0 Å². The molecular weight excluding hydrogens is 268 g/mol. The zero-order valence-corrected chi connectivity index (χ0v) is 13.5. The van der Waals surface area contributed by atoms with E-state index < -0.39 is 12.4 Å². The lowest BCUT2D eigenvalue weighted by molar-refractivity contribution is -0.178. The van der Waals surface area contributed by atoms with Crippen LogP contribution in [0, 0.1) is 29.1 Å². The van der Waals surface area contributed by atoms with Gasteiger partial charge in [-0.3, -0.25) is 4.79 Å². The minimum atomic E-state index is -1.72. The fourth-order valence-corrected chi connectivity index (χ4v) is 5.02. The van der Waals surface area contributed by atoms with Crippen LogP contribution in [0.2, 0.25) is 0 Å². The number of Topliss-reactive ketones (excluding diaryl/α,β-unsaturated/α-hetero) is 1. The average Bonchev–Trinajstić information content (AvgIpc) is 2.73. The second-order valence-electron chi connectivity index (χ2n) is 7.44. The Labute approximate surface area is 127 Å². The molecule has 0 aromatic carbocycles. The van der Waals surface area contributed by atoms with Gasteiger partial charge in [0, 0.05) is 11.8 Å². The SMILES string of the molecule is CCC[C@H](C)[C@H]1CC[C@]2(C)C(=O)CC[C@H]2[C@@H]1[C@@H](O)C(O)O. The van der Waals surface area contributed by atoms with E-state index in [4.69, 9.17) is 0 Å². The van der Waals surface area contributed by atoms with E-state index in [0.717, 1.165) is 32.1 Å². The lowest BCUT2D eigenvalue weighted by Gasteiger charge is -2.49. The maximum absolute atomic E-state index is 12.3. The highest BCUT2D eigenvalue weighted by Gasteiger charge is 2.56. The van der Waals surface area contributed by atoms with Crippen LogP contribution >= 0.6 is 0 Å². The van der Waals surface area contributed by atoms with Crippen LogP contribution in [0.4, 0.5) is 0 Å². The number of fused-ring (bicyclic) bond motifs is 1. The molecule has 0 heterocycles. The first-order chi connectivity index (χ1) is 9.82. The van der Waals surface area contributed by atoms with Crippen molar-refractivity contribution >= 4 is 5.78 Å². The predicted octanol–water partition coefficient (Wildman–Crippen LogP) is 2.11.